The maximum absolute atomic E-state index is 11.4. The zero-order chi connectivity index (χ0) is 11.0. The van der Waals surface area contributed by atoms with E-state index in [1.54, 1.807) is 0 Å². The molecule has 0 saturated heterocycles. The summed E-state index contributed by atoms with van der Waals surface area (Å²) in [6.07, 6.45) is 4.00. The average Bonchev–Trinajstić information content (AvgIpc) is 2.21. The fraction of sp³-hybridized carbons (Fsp3) is 0.909. The molecule has 1 amide bonds. The van der Waals surface area contributed by atoms with Gasteiger partial charge in [0, 0.05) is 6.54 Å². The van der Waals surface area contributed by atoms with Crippen molar-refractivity contribution in [2.45, 2.75) is 52.5 Å². The van der Waals surface area contributed by atoms with Crippen LogP contribution in [0, 0.1) is 5.92 Å². The van der Waals surface area contributed by atoms with Crippen LogP contribution in [-0.4, -0.2) is 18.5 Å². The third kappa shape index (κ3) is 5.97. The van der Waals surface area contributed by atoms with Crippen LogP contribution < -0.4 is 11.1 Å². The SMILES string of the molecule is CCCCC(N)C(=O)NCC(C)CC. The molecule has 0 spiro atoms. The van der Waals surface area contributed by atoms with Gasteiger partial charge in [-0.15, -0.1) is 0 Å². The minimum Gasteiger partial charge on any atom is -0.354 e. The van der Waals surface area contributed by atoms with Gasteiger partial charge in [-0.25, -0.2) is 0 Å². The van der Waals surface area contributed by atoms with Crippen molar-refractivity contribution in [3.63, 3.8) is 0 Å². The van der Waals surface area contributed by atoms with Crippen LogP contribution in [0.25, 0.3) is 0 Å². The smallest absolute Gasteiger partial charge is 0.236 e. The molecule has 0 radical (unpaired) electrons. The first-order chi connectivity index (χ1) is 6.61. The second kappa shape index (κ2) is 7.80. The molecule has 0 fully saturated rings. The summed E-state index contributed by atoms with van der Waals surface area (Å²) in [5.41, 5.74) is 5.72. The predicted molar refractivity (Wildman–Crippen MR) is 60.0 cm³/mol. The van der Waals surface area contributed by atoms with Gasteiger partial charge in [0.25, 0.3) is 0 Å². The van der Waals surface area contributed by atoms with Crippen molar-refractivity contribution >= 4 is 5.91 Å². The molecule has 0 aromatic heterocycles. The molecule has 0 aliphatic heterocycles. The predicted octanol–water partition coefficient (Wildman–Crippen LogP) is 1.67. The molecule has 2 atom stereocenters. The summed E-state index contributed by atoms with van der Waals surface area (Å²) in [5.74, 6) is 0.538. The highest BCUT2D eigenvalue weighted by atomic mass is 16.2. The average molecular weight is 200 g/mol. The molecule has 0 heterocycles. The number of nitrogens with two attached hydrogens (primary N) is 1. The van der Waals surface area contributed by atoms with Crippen molar-refractivity contribution in [1.82, 2.24) is 5.32 Å². The lowest BCUT2D eigenvalue weighted by molar-refractivity contribution is -0.122. The van der Waals surface area contributed by atoms with E-state index in [-0.39, 0.29) is 11.9 Å². The molecule has 3 N–H and O–H groups in total. The first kappa shape index (κ1) is 13.4. The Balaban J connectivity index is 3.61. The molecule has 3 heteroatoms. The van der Waals surface area contributed by atoms with Crippen LogP contribution >= 0.6 is 0 Å². The molecule has 3 nitrogen and oxygen atoms in total. The van der Waals surface area contributed by atoms with E-state index >= 15 is 0 Å². The van der Waals surface area contributed by atoms with Crippen molar-refractivity contribution in [3.05, 3.63) is 0 Å². The molecular weight excluding hydrogens is 176 g/mol. The largest absolute Gasteiger partial charge is 0.354 e. The van der Waals surface area contributed by atoms with Gasteiger partial charge in [0.2, 0.25) is 5.91 Å². The number of nitrogens with one attached hydrogen (secondary N) is 1. The van der Waals surface area contributed by atoms with E-state index < -0.39 is 0 Å². The summed E-state index contributed by atoms with van der Waals surface area (Å²) in [6, 6.07) is -0.320. The molecule has 0 aromatic rings. The molecule has 14 heavy (non-hydrogen) atoms. The third-order valence-electron chi connectivity index (χ3n) is 2.53. The van der Waals surface area contributed by atoms with Crippen LogP contribution in [0.15, 0.2) is 0 Å². The van der Waals surface area contributed by atoms with E-state index in [2.05, 4.69) is 26.1 Å². The minimum absolute atomic E-state index is 0.00116. The summed E-state index contributed by atoms with van der Waals surface area (Å²) in [6.45, 7) is 7.09. The Bertz CT molecular complexity index is 159. The molecule has 0 aromatic carbocycles. The molecule has 0 bridgehead atoms. The summed E-state index contributed by atoms with van der Waals surface area (Å²) in [7, 11) is 0. The third-order valence-corrected chi connectivity index (χ3v) is 2.53. The summed E-state index contributed by atoms with van der Waals surface area (Å²) < 4.78 is 0. The Hall–Kier alpha value is -0.570. The monoisotopic (exact) mass is 200 g/mol. The first-order valence-electron chi connectivity index (χ1n) is 5.65. The number of rotatable bonds is 7. The van der Waals surface area contributed by atoms with E-state index in [1.165, 1.54) is 0 Å². The van der Waals surface area contributed by atoms with Crippen LogP contribution in [0.2, 0.25) is 0 Å². The number of hydrogen-bond acceptors (Lipinski definition) is 2. The van der Waals surface area contributed by atoms with Crippen molar-refractivity contribution < 1.29 is 4.79 Å². The van der Waals surface area contributed by atoms with Crippen LogP contribution in [0.1, 0.15) is 46.5 Å². The van der Waals surface area contributed by atoms with Gasteiger partial charge in [-0.05, 0) is 12.3 Å². The van der Waals surface area contributed by atoms with E-state index in [1.807, 2.05) is 0 Å². The Kier molecular flexibility index (Phi) is 7.48. The highest BCUT2D eigenvalue weighted by molar-refractivity contribution is 5.81. The first-order valence-corrected chi connectivity index (χ1v) is 5.65. The van der Waals surface area contributed by atoms with Crippen molar-refractivity contribution in [1.29, 1.82) is 0 Å². The number of carbonyl (C=O) groups excluding carboxylic acids is 1. The number of unbranched alkanes of at least 4 members (excludes halogenated alkanes) is 1. The van der Waals surface area contributed by atoms with E-state index in [9.17, 15) is 4.79 Å². The minimum atomic E-state index is -0.320. The lowest BCUT2D eigenvalue weighted by Crippen LogP contribution is -2.42. The Morgan fingerprint density at radius 3 is 2.57 bits per heavy atom. The normalized spacial score (nSPS) is 14.9. The van der Waals surface area contributed by atoms with Crippen LogP contribution in [-0.2, 0) is 4.79 Å². The standard InChI is InChI=1S/C11H24N2O/c1-4-6-7-10(12)11(14)13-8-9(3)5-2/h9-10H,4-8,12H2,1-3H3,(H,13,14). The van der Waals surface area contributed by atoms with Gasteiger partial charge >= 0.3 is 0 Å². The molecule has 0 aliphatic carbocycles. The summed E-state index contributed by atoms with van der Waals surface area (Å²) >= 11 is 0. The second-order valence-corrected chi connectivity index (χ2v) is 4.01. The quantitative estimate of drug-likeness (QED) is 0.657. The Morgan fingerprint density at radius 1 is 1.43 bits per heavy atom. The van der Waals surface area contributed by atoms with Gasteiger partial charge in [-0.2, -0.15) is 0 Å². The van der Waals surface area contributed by atoms with Gasteiger partial charge in [0.1, 0.15) is 0 Å². The topological polar surface area (TPSA) is 55.1 Å². The van der Waals surface area contributed by atoms with Crippen LogP contribution in [0.5, 0.6) is 0 Å². The number of hydrogen-bond donors (Lipinski definition) is 2. The fourth-order valence-corrected chi connectivity index (χ4v) is 1.11. The van der Waals surface area contributed by atoms with Crippen molar-refractivity contribution in [3.8, 4) is 0 Å². The number of amides is 1. The second-order valence-electron chi connectivity index (χ2n) is 4.01. The summed E-state index contributed by atoms with van der Waals surface area (Å²) in [5, 5.41) is 2.88. The van der Waals surface area contributed by atoms with Crippen molar-refractivity contribution in [2.75, 3.05) is 6.54 Å². The van der Waals surface area contributed by atoms with Crippen LogP contribution in [0.3, 0.4) is 0 Å². The van der Waals surface area contributed by atoms with E-state index in [0.717, 1.165) is 32.2 Å². The van der Waals surface area contributed by atoms with Gasteiger partial charge < -0.3 is 11.1 Å². The molecule has 0 rings (SSSR count). The molecule has 84 valence electrons. The zero-order valence-corrected chi connectivity index (χ0v) is 9.68. The zero-order valence-electron chi connectivity index (χ0n) is 9.68. The highest BCUT2D eigenvalue weighted by Gasteiger charge is 2.12. The number of carbonyl (C=O) groups is 1. The van der Waals surface area contributed by atoms with Crippen molar-refractivity contribution in [2.24, 2.45) is 11.7 Å². The van der Waals surface area contributed by atoms with Gasteiger partial charge in [-0.3, -0.25) is 4.79 Å². The highest BCUT2D eigenvalue weighted by Crippen LogP contribution is 2.00. The summed E-state index contributed by atoms with van der Waals surface area (Å²) in [4.78, 5) is 11.4. The van der Waals surface area contributed by atoms with Gasteiger partial charge in [0.05, 0.1) is 6.04 Å². The lowest BCUT2D eigenvalue weighted by atomic mass is 10.1. The van der Waals surface area contributed by atoms with Gasteiger partial charge in [0.15, 0.2) is 0 Å². The van der Waals surface area contributed by atoms with E-state index in [4.69, 9.17) is 5.73 Å². The van der Waals surface area contributed by atoms with Crippen LogP contribution in [0.4, 0.5) is 0 Å². The fourth-order valence-electron chi connectivity index (χ4n) is 1.11. The molecule has 2 unspecified atom stereocenters. The van der Waals surface area contributed by atoms with E-state index in [0.29, 0.717) is 5.92 Å². The molecule has 0 saturated carbocycles. The Labute approximate surface area is 87.4 Å². The molecular formula is C11H24N2O. The lowest BCUT2D eigenvalue weighted by Gasteiger charge is -2.14. The maximum Gasteiger partial charge on any atom is 0.236 e. The van der Waals surface area contributed by atoms with Gasteiger partial charge in [-0.1, -0.05) is 40.0 Å². The maximum atomic E-state index is 11.4. The molecule has 0 aliphatic rings. The Morgan fingerprint density at radius 2 is 2.07 bits per heavy atom.